The molecule has 5 nitrogen and oxygen atoms in total. The number of nitrogens with zero attached hydrogens (tertiary/aromatic N) is 3. The number of H-pyrrole nitrogens is 1. The van der Waals surface area contributed by atoms with E-state index < -0.39 is 0 Å². The lowest BCUT2D eigenvalue weighted by atomic mass is 10.0. The van der Waals surface area contributed by atoms with Crippen molar-refractivity contribution in [3.8, 4) is 11.4 Å². The van der Waals surface area contributed by atoms with Gasteiger partial charge in [-0.1, -0.05) is 12.1 Å². The molecule has 2 aromatic rings. The monoisotopic (exact) mass is 239 g/mol. The molecular formula is C13H13N5. The van der Waals surface area contributed by atoms with Crippen LogP contribution in [0, 0.1) is 6.92 Å². The van der Waals surface area contributed by atoms with E-state index >= 15 is 0 Å². The minimum atomic E-state index is 0.781. The van der Waals surface area contributed by atoms with Crippen LogP contribution in [0.4, 0.5) is 0 Å². The molecule has 0 bridgehead atoms. The zero-order chi connectivity index (χ0) is 12.4. The van der Waals surface area contributed by atoms with Gasteiger partial charge in [0.2, 0.25) is 0 Å². The Labute approximate surface area is 105 Å². The predicted molar refractivity (Wildman–Crippen MR) is 71.0 cm³/mol. The highest BCUT2D eigenvalue weighted by molar-refractivity contribution is 5.79. The van der Waals surface area contributed by atoms with Crippen LogP contribution in [0.3, 0.4) is 0 Å². The summed E-state index contributed by atoms with van der Waals surface area (Å²) in [5.74, 6) is 0.781. The first kappa shape index (κ1) is 10.7. The van der Waals surface area contributed by atoms with Gasteiger partial charge in [-0.25, -0.2) is 0 Å². The molecule has 2 N–H and O–H groups in total. The molecule has 0 spiro atoms. The summed E-state index contributed by atoms with van der Waals surface area (Å²) >= 11 is 0. The van der Waals surface area contributed by atoms with Crippen LogP contribution in [0.2, 0.25) is 0 Å². The quantitative estimate of drug-likeness (QED) is 0.839. The van der Waals surface area contributed by atoms with E-state index in [0.717, 1.165) is 34.8 Å². The zero-order valence-electron chi connectivity index (χ0n) is 10.0. The van der Waals surface area contributed by atoms with Gasteiger partial charge in [-0.2, -0.15) is 0 Å². The molecular weight excluding hydrogens is 226 g/mol. The largest absolute Gasteiger partial charge is 0.384 e. The highest BCUT2D eigenvalue weighted by atomic mass is 15.2. The van der Waals surface area contributed by atoms with E-state index in [1.807, 2.05) is 18.5 Å². The Morgan fingerprint density at radius 3 is 2.89 bits per heavy atom. The van der Waals surface area contributed by atoms with Crippen molar-refractivity contribution in [1.82, 2.24) is 20.5 Å². The van der Waals surface area contributed by atoms with Crippen molar-refractivity contribution in [2.75, 3.05) is 6.54 Å². The summed E-state index contributed by atoms with van der Waals surface area (Å²) in [6, 6.07) is 6.16. The number of aliphatic imine (C=N–C) groups is 1. The molecule has 0 atom stereocenters. The van der Waals surface area contributed by atoms with E-state index in [0.29, 0.717) is 0 Å². The summed E-state index contributed by atoms with van der Waals surface area (Å²) in [6.07, 6.45) is 5.39. The number of nitrogens with one attached hydrogen (secondary N) is 2. The van der Waals surface area contributed by atoms with Crippen LogP contribution in [0.5, 0.6) is 0 Å². The molecule has 0 amide bonds. The van der Waals surface area contributed by atoms with E-state index in [9.17, 15) is 0 Å². The molecule has 3 rings (SSSR count). The molecule has 0 aliphatic carbocycles. The normalized spacial score (nSPS) is 14.2. The number of benzene rings is 1. The third-order valence-electron chi connectivity index (χ3n) is 2.87. The summed E-state index contributed by atoms with van der Waals surface area (Å²) < 4.78 is 0. The molecule has 1 aliphatic rings. The Balaban J connectivity index is 1.99. The Morgan fingerprint density at radius 1 is 1.28 bits per heavy atom. The first-order chi connectivity index (χ1) is 8.84. The van der Waals surface area contributed by atoms with Crippen molar-refractivity contribution >= 4 is 11.9 Å². The first-order valence-corrected chi connectivity index (χ1v) is 5.78. The predicted octanol–water partition coefficient (Wildman–Crippen LogP) is 1.75. The van der Waals surface area contributed by atoms with Crippen molar-refractivity contribution in [3.63, 3.8) is 0 Å². The van der Waals surface area contributed by atoms with Crippen LogP contribution in [-0.4, -0.2) is 27.9 Å². The lowest BCUT2D eigenvalue weighted by molar-refractivity contribution is 1.01. The average Bonchev–Trinajstić information content (AvgIpc) is 2.93. The van der Waals surface area contributed by atoms with Gasteiger partial charge >= 0.3 is 0 Å². The minimum Gasteiger partial charge on any atom is -0.384 e. The van der Waals surface area contributed by atoms with Crippen molar-refractivity contribution in [3.05, 3.63) is 41.9 Å². The lowest BCUT2D eigenvalue weighted by Crippen LogP contribution is -2.13. The third kappa shape index (κ3) is 1.90. The summed E-state index contributed by atoms with van der Waals surface area (Å²) in [7, 11) is 0. The summed E-state index contributed by atoms with van der Waals surface area (Å²) in [4.78, 5) is 7.39. The van der Waals surface area contributed by atoms with Gasteiger partial charge < -0.3 is 10.3 Å². The molecule has 2 heterocycles. The molecule has 1 aromatic heterocycles. The zero-order valence-corrected chi connectivity index (χ0v) is 10.0. The summed E-state index contributed by atoms with van der Waals surface area (Å²) in [5, 5.41) is 11.0. The molecule has 1 aromatic carbocycles. The fourth-order valence-corrected chi connectivity index (χ4v) is 1.98. The van der Waals surface area contributed by atoms with Gasteiger partial charge in [-0.05, 0) is 18.6 Å². The van der Waals surface area contributed by atoms with E-state index in [1.165, 1.54) is 0 Å². The topological polar surface area (TPSA) is 66.0 Å². The van der Waals surface area contributed by atoms with E-state index in [-0.39, 0.29) is 0 Å². The summed E-state index contributed by atoms with van der Waals surface area (Å²) in [6.45, 7) is 2.86. The van der Waals surface area contributed by atoms with Gasteiger partial charge in [0.1, 0.15) is 6.33 Å². The van der Waals surface area contributed by atoms with Crippen LogP contribution in [0.25, 0.3) is 17.1 Å². The fourth-order valence-electron chi connectivity index (χ4n) is 1.98. The highest BCUT2D eigenvalue weighted by Gasteiger charge is 2.08. The first-order valence-electron chi connectivity index (χ1n) is 5.78. The van der Waals surface area contributed by atoms with Gasteiger partial charge in [-0.15, -0.1) is 10.2 Å². The number of aryl methyl sites for hydroxylation is 1. The minimum absolute atomic E-state index is 0.781. The number of hydrogen-bond donors (Lipinski definition) is 2. The van der Waals surface area contributed by atoms with E-state index in [2.05, 4.69) is 44.5 Å². The van der Waals surface area contributed by atoms with E-state index in [4.69, 9.17) is 0 Å². The molecule has 0 fully saturated rings. The second-order valence-electron chi connectivity index (χ2n) is 4.12. The summed E-state index contributed by atoms with van der Waals surface area (Å²) in [5.41, 5.74) is 4.28. The molecule has 0 unspecified atom stereocenters. The fraction of sp³-hybridized carbons (Fsp3) is 0.154. The lowest BCUT2D eigenvalue weighted by Gasteiger charge is -2.11. The molecule has 0 saturated carbocycles. The number of hydrogen-bond acceptors (Lipinski definition) is 4. The van der Waals surface area contributed by atoms with E-state index in [1.54, 1.807) is 6.33 Å². The average molecular weight is 239 g/mol. The second kappa shape index (κ2) is 4.44. The number of aromatic amines is 1. The molecule has 0 radical (unpaired) electrons. The van der Waals surface area contributed by atoms with Crippen LogP contribution >= 0.6 is 0 Å². The molecule has 0 saturated heterocycles. The molecule has 5 heteroatoms. The maximum atomic E-state index is 4.39. The Bertz CT molecular complexity index is 610. The Hall–Kier alpha value is -2.43. The van der Waals surface area contributed by atoms with Crippen LogP contribution in [0.1, 0.15) is 11.1 Å². The standard InChI is InChI=1S/C13H13N5/c1-9-6-10(13-16-8-17-18-13)2-3-11(9)12-7-14-4-5-15-12/h2-3,5-8,14H,4H2,1H3,(H,16,17,18). The second-order valence-corrected chi connectivity index (χ2v) is 4.12. The van der Waals surface area contributed by atoms with Crippen molar-refractivity contribution < 1.29 is 0 Å². The maximum Gasteiger partial charge on any atom is 0.161 e. The third-order valence-corrected chi connectivity index (χ3v) is 2.87. The number of rotatable bonds is 2. The smallest absolute Gasteiger partial charge is 0.161 e. The van der Waals surface area contributed by atoms with Gasteiger partial charge in [-0.3, -0.25) is 4.99 Å². The van der Waals surface area contributed by atoms with Crippen molar-refractivity contribution in [2.45, 2.75) is 6.92 Å². The Morgan fingerprint density at radius 2 is 2.22 bits per heavy atom. The molecule has 90 valence electrons. The SMILES string of the molecule is Cc1cc(-c2nnc[nH]2)ccc1C1=CNCC=N1. The number of aromatic nitrogens is 3. The van der Waals surface area contributed by atoms with Gasteiger partial charge in [0.25, 0.3) is 0 Å². The van der Waals surface area contributed by atoms with Crippen LogP contribution < -0.4 is 5.32 Å². The van der Waals surface area contributed by atoms with Gasteiger partial charge in [0, 0.05) is 30.1 Å². The van der Waals surface area contributed by atoms with Gasteiger partial charge in [0.05, 0.1) is 5.70 Å². The van der Waals surface area contributed by atoms with Crippen molar-refractivity contribution in [1.29, 1.82) is 0 Å². The Kier molecular flexibility index (Phi) is 2.64. The van der Waals surface area contributed by atoms with Gasteiger partial charge in [0.15, 0.2) is 5.82 Å². The van der Waals surface area contributed by atoms with Crippen LogP contribution in [-0.2, 0) is 0 Å². The highest BCUT2D eigenvalue weighted by Crippen LogP contribution is 2.24. The van der Waals surface area contributed by atoms with Crippen LogP contribution in [0.15, 0.2) is 35.7 Å². The molecule has 18 heavy (non-hydrogen) atoms. The maximum absolute atomic E-state index is 4.39. The molecule has 1 aliphatic heterocycles. The van der Waals surface area contributed by atoms with Crippen molar-refractivity contribution in [2.24, 2.45) is 4.99 Å².